The van der Waals surface area contributed by atoms with E-state index in [4.69, 9.17) is 0 Å². The Morgan fingerprint density at radius 3 is 2.81 bits per heavy atom. The van der Waals surface area contributed by atoms with Crippen LogP contribution in [0.25, 0.3) is 0 Å². The highest BCUT2D eigenvalue weighted by Gasteiger charge is 2.04. The number of aryl methyl sites for hydroxylation is 2. The molecule has 86 valence electrons. The van der Waals surface area contributed by atoms with Crippen molar-refractivity contribution in [3.63, 3.8) is 0 Å². The molecule has 16 heavy (non-hydrogen) atoms. The van der Waals surface area contributed by atoms with E-state index in [2.05, 4.69) is 48.3 Å². The molecular formula is C15H21N. The first-order valence-corrected chi connectivity index (χ1v) is 5.88. The van der Waals surface area contributed by atoms with Gasteiger partial charge in [0.1, 0.15) is 0 Å². The minimum absolute atomic E-state index is 0.507. The van der Waals surface area contributed by atoms with Gasteiger partial charge in [0.25, 0.3) is 0 Å². The molecule has 0 saturated carbocycles. The van der Waals surface area contributed by atoms with Crippen LogP contribution < -0.4 is 5.32 Å². The molecule has 1 aromatic rings. The van der Waals surface area contributed by atoms with E-state index >= 15 is 0 Å². The zero-order chi connectivity index (χ0) is 11.8. The number of benzene rings is 1. The topological polar surface area (TPSA) is 12.0 Å². The second-order valence-corrected chi connectivity index (χ2v) is 4.14. The monoisotopic (exact) mass is 215 g/mol. The van der Waals surface area contributed by atoms with Gasteiger partial charge in [-0.3, -0.25) is 0 Å². The van der Waals surface area contributed by atoms with Crippen LogP contribution in [0.3, 0.4) is 0 Å². The van der Waals surface area contributed by atoms with Crippen LogP contribution in [0.4, 0.5) is 0 Å². The molecule has 0 bridgehead atoms. The molecule has 0 heterocycles. The molecule has 0 amide bonds. The van der Waals surface area contributed by atoms with Gasteiger partial charge in [-0.15, -0.1) is 11.8 Å². The maximum Gasteiger partial charge on any atom is 0.0243 e. The van der Waals surface area contributed by atoms with Crippen molar-refractivity contribution in [2.75, 3.05) is 7.05 Å². The average molecular weight is 215 g/mol. The third-order valence-electron chi connectivity index (χ3n) is 2.80. The van der Waals surface area contributed by atoms with E-state index in [9.17, 15) is 0 Å². The van der Waals surface area contributed by atoms with Gasteiger partial charge in [0.15, 0.2) is 0 Å². The van der Waals surface area contributed by atoms with Crippen molar-refractivity contribution in [2.45, 2.75) is 39.2 Å². The summed E-state index contributed by atoms with van der Waals surface area (Å²) in [6, 6.07) is 9.24. The Morgan fingerprint density at radius 2 is 2.19 bits per heavy atom. The molecule has 1 aromatic carbocycles. The van der Waals surface area contributed by atoms with Gasteiger partial charge in [0.2, 0.25) is 0 Å². The zero-order valence-electron chi connectivity index (χ0n) is 10.5. The molecule has 1 nitrogen and oxygen atoms in total. The molecule has 0 aliphatic rings. The molecule has 0 aliphatic carbocycles. The highest BCUT2D eigenvalue weighted by Crippen LogP contribution is 2.09. The second kappa shape index (κ2) is 7.09. The number of hydrogen-bond donors (Lipinski definition) is 1. The average Bonchev–Trinajstić information content (AvgIpc) is 2.29. The Hall–Kier alpha value is -1.26. The van der Waals surface area contributed by atoms with Crippen LogP contribution in [0.5, 0.6) is 0 Å². The minimum Gasteiger partial charge on any atom is -0.316 e. The first-order valence-electron chi connectivity index (χ1n) is 5.88. The molecule has 1 unspecified atom stereocenters. The van der Waals surface area contributed by atoms with Gasteiger partial charge in [0, 0.05) is 12.5 Å². The fraction of sp³-hybridized carbons (Fsp3) is 0.467. The minimum atomic E-state index is 0.507. The number of nitrogens with one attached hydrogen (secondary N) is 1. The maximum absolute atomic E-state index is 3.32. The van der Waals surface area contributed by atoms with Crippen LogP contribution in [-0.4, -0.2) is 13.1 Å². The van der Waals surface area contributed by atoms with E-state index < -0.39 is 0 Å². The second-order valence-electron chi connectivity index (χ2n) is 4.14. The quantitative estimate of drug-likeness (QED) is 0.745. The standard InChI is InChI=1S/C15H21N/c1-4-5-9-15(16-3)11-10-14-8-6-7-13(2)12-14/h6-8,12,15-16H,9-11H2,1-3H3. The SMILES string of the molecule is CC#CCC(CCc1cccc(C)c1)NC. The van der Waals surface area contributed by atoms with Gasteiger partial charge in [-0.25, -0.2) is 0 Å². The summed E-state index contributed by atoms with van der Waals surface area (Å²) in [6.45, 7) is 4.04. The van der Waals surface area contributed by atoms with Crippen LogP contribution in [0.15, 0.2) is 24.3 Å². The molecular weight excluding hydrogens is 194 g/mol. The summed E-state index contributed by atoms with van der Waals surface area (Å²) in [7, 11) is 2.01. The molecule has 1 heteroatoms. The van der Waals surface area contributed by atoms with Gasteiger partial charge < -0.3 is 5.32 Å². The van der Waals surface area contributed by atoms with Crippen molar-refractivity contribution < 1.29 is 0 Å². The summed E-state index contributed by atoms with van der Waals surface area (Å²) in [5.41, 5.74) is 2.76. The van der Waals surface area contributed by atoms with E-state index in [-0.39, 0.29) is 0 Å². The summed E-state index contributed by atoms with van der Waals surface area (Å²) < 4.78 is 0. The van der Waals surface area contributed by atoms with Crippen molar-refractivity contribution in [2.24, 2.45) is 0 Å². The summed E-state index contributed by atoms with van der Waals surface area (Å²) >= 11 is 0. The Bertz CT molecular complexity index is 371. The molecule has 0 saturated heterocycles. The molecule has 1 N–H and O–H groups in total. The van der Waals surface area contributed by atoms with Gasteiger partial charge in [-0.05, 0) is 39.3 Å². The van der Waals surface area contributed by atoms with Gasteiger partial charge >= 0.3 is 0 Å². The summed E-state index contributed by atoms with van der Waals surface area (Å²) in [6.07, 6.45) is 3.21. The lowest BCUT2D eigenvalue weighted by Gasteiger charge is -2.13. The first-order chi connectivity index (χ1) is 7.76. The van der Waals surface area contributed by atoms with Crippen molar-refractivity contribution in [3.05, 3.63) is 35.4 Å². The lowest BCUT2D eigenvalue weighted by atomic mass is 10.0. The van der Waals surface area contributed by atoms with Crippen LogP contribution in [-0.2, 0) is 6.42 Å². The normalized spacial score (nSPS) is 11.7. The largest absolute Gasteiger partial charge is 0.316 e. The maximum atomic E-state index is 3.32. The van der Waals surface area contributed by atoms with E-state index in [0.29, 0.717) is 6.04 Å². The van der Waals surface area contributed by atoms with E-state index in [0.717, 1.165) is 19.3 Å². The van der Waals surface area contributed by atoms with Crippen LogP contribution >= 0.6 is 0 Å². The molecule has 0 aromatic heterocycles. The number of rotatable bonds is 5. The van der Waals surface area contributed by atoms with Crippen molar-refractivity contribution in [1.29, 1.82) is 0 Å². The summed E-state index contributed by atoms with van der Waals surface area (Å²) in [5.74, 6) is 6.08. The van der Waals surface area contributed by atoms with E-state index in [1.807, 2.05) is 14.0 Å². The molecule has 1 atom stereocenters. The van der Waals surface area contributed by atoms with Gasteiger partial charge in [-0.1, -0.05) is 29.8 Å². The highest BCUT2D eigenvalue weighted by molar-refractivity contribution is 5.22. The Labute approximate surface area is 99.3 Å². The van der Waals surface area contributed by atoms with Crippen molar-refractivity contribution in [1.82, 2.24) is 5.32 Å². The number of hydrogen-bond acceptors (Lipinski definition) is 1. The Balaban J connectivity index is 2.45. The Morgan fingerprint density at radius 1 is 1.38 bits per heavy atom. The zero-order valence-corrected chi connectivity index (χ0v) is 10.5. The first kappa shape index (κ1) is 12.8. The predicted octanol–water partition coefficient (Wildman–Crippen LogP) is 2.93. The molecule has 1 rings (SSSR count). The predicted molar refractivity (Wildman–Crippen MR) is 70.4 cm³/mol. The van der Waals surface area contributed by atoms with Gasteiger partial charge in [0.05, 0.1) is 0 Å². The third kappa shape index (κ3) is 4.51. The summed E-state index contributed by atoms with van der Waals surface area (Å²) in [4.78, 5) is 0. The van der Waals surface area contributed by atoms with Crippen molar-refractivity contribution >= 4 is 0 Å². The lowest BCUT2D eigenvalue weighted by molar-refractivity contribution is 0.534. The van der Waals surface area contributed by atoms with E-state index in [1.165, 1.54) is 11.1 Å². The van der Waals surface area contributed by atoms with E-state index in [1.54, 1.807) is 0 Å². The fourth-order valence-corrected chi connectivity index (χ4v) is 1.78. The lowest BCUT2D eigenvalue weighted by Crippen LogP contribution is -2.25. The smallest absolute Gasteiger partial charge is 0.0243 e. The fourth-order valence-electron chi connectivity index (χ4n) is 1.78. The van der Waals surface area contributed by atoms with Crippen molar-refractivity contribution in [3.8, 4) is 11.8 Å². The molecule has 0 aliphatic heterocycles. The Kier molecular flexibility index (Phi) is 5.67. The van der Waals surface area contributed by atoms with Gasteiger partial charge in [-0.2, -0.15) is 0 Å². The van der Waals surface area contributed by atoms with Crippen LogP contribution in [0, 0.1) is 18.8 Å². The summed E-state index contributed by atoms with van der Waals surface area (Å²) in [5, 5.41) is 3.32. The molecule has 0 fully saturated rings. The molecule has 0 radical (unpaired) electrons. The van der Waals surface area contributed by atoms with Crippen LogP contribution in [0.2, 0.25) is 0 Å². The third-order valence-corrected chi connectivity index (χ3v) is 2.80. The highest BCUT2D eigenvalue weighted by atomic mass is 14.9. The molecule has 0 spiro atoms. The van der Waals surface area contributed by atoms with Crippen LogP contribution in [0.1, 0.15) is 30.9 Å².